The zero-order chi connectivity index (χ0) is 20.2. The molecule has 0 radical (unpaired) electrons. The largest absolute Gasteiger partial charge is 0.345 e. The van der Waals surface area contributed by atoms with Gasteiger partial charge in [-0.2, -0.15) is 0 Å². The molecule has 2 N–H and O–H groups in total. The number of nitrogens with zero attached hydrogens (tertiary/aromatic N) is 4. The first-order chi connectivity index (χ1) is 14.7. The van der Waals surface area contributed by atoms with Gasteiger partial charge in [-0.1, -0.05) is 0 Å². The van der Waals surface area contributed by atoms with E-state index in [1.807, 2.05) is 33.7 Å². The summed E-state index contributed by atoms with van der Waals surface area (Å²) in [4.78, 5) is 42.9. The molecule has 4 aromatic heterocycles. The monoisotopic (exact) mass is 400 g/mol. The molecule has 2 bridgehead atoms. The Balaban J connectivity index is 1.34. The number of hydrogen-bond acceptors (Lipinski definition) is 4. The fourth-order valence-corrected chi connectivity index (χ4v) is 5.01. The molecule has 1 saturated heterocycles. The molecule has 8 heteroatoms. The topological polar surface area (TPSA) is 99.7 Å². The van der Waals surface area contributed by atoms with Gasteiger partial charge < -0.3 is 19.4 Å². The van der Waals surface area contributed by atoms with Gasteiger partial charge in [-0.25, -0.2) is 9.97 Å². The Morgan fingerprint density at radius 3 is 2.87 bits per heavy atom. The standard InChI is InChI=1S/C22H20N6O2/c29-21(17-9-26-19-15(17)2-1-5-23-19)27-10-13-8-14(12-27)18-4-3-16(20-24-6-7-25-20)22(30)28(18)11-13/h1-7,9,13-14H,8,10-12H2,(H,23,26)(H,24,25)/t13-,14+/m0/s1. The second kappa shape index (κ2) is 6.41. The first-order valence-electron chi connectivity index (χ1n) is 10.1. The Hall–Kier alpha value is -3.68. The lowest BCUT2D eigenvalue weighted by Gasteiger charge is -2.42. The van der Waals surface area contributed by atoms with Crippen LogP contribution in [0, 0.1) is 5.92 Å². The first-order valence-corrected chi connectivity index (χ1v) is 10.1. The second-order valence-corrected chi connectivity index (χ2v) is 8.14. The fraction of sp³-hybridized carbons (Fsp3) is 0.273. The molecule has 1 fully saturated rings. The Morgan fingerprint density at radius 2 is 2.00 bits per heavy atom. The molecule has 2 aliphatic heterocycles. The minimum atomic E-state index is -0.0142. The molecule has 6 rings (SSSR count). The normalized spacial score (nSPS) is 20.3. The van der Waals surface area contributed by atoms with E-state index >= 15 is 0 Å². The van der Waals surface area contributed by atoms with E-state index in [2.05, 4.69) is 19.9 Å². The van der Waals surface area contributed by atoms with E-state index in [-0.39, 0.29) is 23.3 Å². The lowest BCUT2D eigenvalue weighted by molar-refractivity contribution is 0.0596. The zero-order valence-corrected chi connectivity index (χ0v) is 16.2. The van der Waals surface area contributed by atoms with Gasteiger partial charge in [0, 0.05) is 61.4 Å². The molecule has 2 atom stereocenters. The molecule has 30 heavy (non-hydrogen) atoms. The van der Waals surface area contributed by atoms with Gasteiger partial charge in [-0.3, -0.25) is 9.59 Å². The van der Waals surface area contributed by atoms with Gasteiger partial charge in [0.15, 0.2) is 0 Å². The third kappa shape index (κ3) is 2.53. The highest BCUT2D eigenvalue weighted by atomic mass is 16.2. The number of carbonyl (C=O) groups is 1. The minimum Gasteiger partial charge on any atom is -0.345 e. The zero-order valence-electron chi connectivity index (χ0n) is 16.2. The summed E-state index contributed by atoms with van der Waals surface area (Å²) in [6.07, 6.45) is 7.83. The van der Waals surface area contributed by atoms with Crippen LogP contribution in [0.5, 0.6) is 0 Å². The summed E-state index contributed by atoms with van der Waals surface area (Å²) in [7, 11) is 0. The van der Waals surface area contributed by atoms with Gasteiger partial charge in [0.05, 0.1) is 11.1 Å². The molecule has 150 valence electrons. The number of carbonyl (C=O) groups excluding carboxylic acids is 1. The average Bonchev–Trinajstić information content (AvgIpc) is 3.44. The van der Waals surface area contributed by atoms with Crippen molar-refractivity contribution in [2.75, 3.05) is 13.1 Å². The number of amides is 1. The van der Waals surface area contributed by atoms with E-state index in [9.17, 15) is 9.59 Å². The Bertz CT molecular complexity index is 1320. The molecule has 0 saturated carbocycles. The number of imidazole rings is 1. The average molecular weight is 400 g/mol. The maximum atomic E-state index is 13.3. The number of piperidine rings is 1. The van der Waals surface area contributed by atoms with Crippen LogP contribution >= 0.6 is 0 Å². The van der Waals surface area contributed by atoms with Crippen molar-refractivity contribution in [1.82, 2.24) is 29.4 Å². The summed E-state index contributed by atoms with van der Waals surface area (Å²) in [5.74, 6) is 1.03. The van der Waals surface area contributed by atoms with Crippen molar-refractivity contribution in [3.8, 4) is 11.4 Å². The predicted octanol–water partition coefficient (Wildman–Crippen LogP) is 2.37. The van der Waals surface area contributed by atoms with Gasteiger partial charge in [0.2, 0.25) is 0 Å². The number of fused-ring (bicyclic) bond motifs is 5. The van der Waals surface area contributed by atoms with E-state index in [0.29, 0.717) is 36.6 Å². The smallest absolute Gasteiger partial charge is 0.261 e. The third-order valence-corrected chi connectivity index (χ3v) is 6.33. The van der Waals surface area contributed by atoms with Crippen molar-refractivity contribution in [2.24, 2.45) is 5.92 Å². The van der Waals surface area contributed by atoms with Gasteiger partial charge in [-0.05, 0) is 36.6 Å². The van der Waals surface area contributed by atoms with Crippen LogP contribution < -0.4 is 5.56 Å². The summed E-state index contributed by atoms with van der Waals surface area (Å²) < 4.78 is 1.88. The number of nitrogens with one attached hydrogen (secondary N) is 2. The number of rotatable bonds is 2. The number of hydrogen-bond donors (Lipinski definition) is 2. The number of pyridine rings is 2. The molecular formula is C22H20N6O2. The molecule has 0 aliphatic carbocycles. The van der Waals surface area contributed by atoms with Gasteiger partial charge in [0.1, 0.15) is 11.5 Å². The molecule has 0 spiro atoms. The number of H-pyrrole nitrogens is 2. The summed E-state index contributed by atoms with van der Waals surface area (Å²) in [5, 5.41) is 0.845. The van der Waals surface area contributed by atoms with Crippen LogP contribution in [0.3, 0.4) is 0 Å². The summed E-state index contributed by atoms with van der Waals surface area (Å²) in [6, 6.07) is 7.63. The highest BCUT2D eigenvalue weighted by Crippen LogP contribution is 2.36. The summed E-state index contributed by atoms with van der Waals surface area (Å²) >= 11 is 0. The van der Waals surface area contributed by atoms with E-state index in [1.165, 1.54) is 0 Å². The minimum absolute atomic E-state index is 0.0142. The second-order valence-electron chi connectivity index (χ2n) is 8.14. The molecule has 8 nitrogen and oxygen atoms in total. The fourth-order valence-electron chi connectivity index (χ4n) is 5.01. The maximum Gasteiger partial charge on any atom is 0.261 e. The lowest BCUT2D eigenvalue weighted by atomic mass is 9.82. The SMILES string of the molecule is O=C(c1c[nH]c2ncccc12)N1C[C@@H]2C[C@H](C1)c1ccc(-c3ncc[nH]3)c(=O)n1C2. The van der Waals surface area contributed by atoms with Crippen LogP contribution in [0.2, 0.25) is 0 Å². The van der Waals surface area contributed by atoms with Gasteiger partial charge in [-0.15, -0.1) is 0 Å². The van der Waals surface area contributed by atoms with Crippen LogP contribution in [0.4, 0.5) is 0 Å². The summed E-state index contributed by atoms with van der Waals surface area (Å²) in [5.41, 5.74) is 2.95. The number of aromatic nitrogens is 5. The molecule has 6 heterocycles. The maximum absolute atomic E-state index is 13.3. The van der Waals surface area contributed by atoms with Gasteiger partial charge >= 0.3 is 0 Å². The third-order valence-electron chi connectivity index (χ3n) is 6.33. The highest BCUT2D eigenvalue weighted by Gasteiger charge is 2.37. The van der Waals surface area contributed by atoms with Crippen LogP contribution in [-0.2, 0) is 6.54 Å². The Kier molecular flexibility index (Phi) is 3.68. The van der Waals surface area contributed by atoms with Crippen molar-refractivity contribution < 1.29 is 4.79 Å². The Labute approximate surface area is 171 Å². The van der Waals surface area contributed by atoms with Crippen LogP contribution in [-0.4, -0.2) is 48.4 Å². The number of aromatic amines is 2. The molecule has 0 unspecified atom stereocenters. The van der Waals surface area contributed by atoms with E-state index in [4.69, 9.17) is 0 Å². The van der Waals surface area contributed by atoms with Crippen LogP contribution in [0.15, 0.2) is 53.8 Å². The molecular weight excluding hydrogens is 380 g/mol. The molecule has 2 aliphatic rings. The van der Waals surface area contributed by atoms with Crippen molar-refractivity contribution in [2.45, 2.75) is 18.9 Å². The lowest BCUT2D eigenvalue weighted by Crippen LogP contribution is -2.49. The van der Waals surface area contributed by atoms with Crippen molar-refractivity contribution in [3.63, 3.8) is 0 Å². The molecule has 0 aromatic carbocycles. The number of likely N-dealkylation sites (tertiary alicyclic amines) is 1. The van der Waals surface area contributed by atoms with Crippen molar-refractivity contribution in [1.29, 1.82) is 0 Å². The Morgan fingerprint density at radius 1 is 1.07 bits per heavy atom. The highest BCUT2D eigenvalue weighted by molar-refractivity contribution is 6.05. The molecule has 1 amide bonds. The predicted molar refractivity (Wildman–Crippen MR) is 111 cm³/mol. The van der Waals surface area contributed by atoms with Crippen LogP contribution in [0.1, 0.15) is 28.4 Å². The quantitative estimate of drug-likeness (QED) is 0.540. The van der Waals surface area contributed by atoms with Crippen molar-refractivity contribution >= 4 is 16.9 Å². The van der Waals surface area contributed by atoms with E-state index in [1.54, 1.807) is 24.8 Å². The van der Waals surface area contributed by atoms with E-state index in [0.717, 1.165) is 23.1 Å². The van der Waals surface area contributed by atoms with Gasteiger partial charge in [0.25, 0.3) is 11.5 Å². The van der Waals surface area contributed by atoms with Crippen LogP contribution in [0.25, 0.3) is 22.4 Å². The first kappa shape index (κ1) is 17.2. The molecule has 4 aromatic rings. The van der Waals surface area contributed by atoms with Crippen molar-refractivity contribution in [3.05, 3.63) is 70.7 Å². The van der Waals surface area contributed by atoms with E-state index < -0.39 is 0 Å². The summed E-state index contributed by atoms with van der Waals surface area (Å²) in [6.45, 7) is 1.89.